The van der Waals surface area contributed by atoms with E-state index in [0.717, 1.165) is 45.1 Å². The number of likely N-dealkylation sites (tertiary alicyclic amines) is 1. The highest BCUT2D eigenvalue weighted by atomic mass is 16.3. The third kappa shape index (κ3) is 3.53. The fourth-order valence-corrected chi connectivity index (χ4v) is 3.94. The Morgan fingerprint density at radius 1 is 1.30 bits per heavy atom. The maximum atomic E-state index is 12.4. The fraction of sp³-hybridized carbons (Fsp3) is 0.938. The van der Waals surface area contributed by atoms with Crippen molar-refractivity contribution in [2.24, 2.45) is 5.92 Å². The zero-order valence-electron chi connectivity index (χ0n) is 13.1. The van der Waals surface area contributed by atoms with Gasteiger partial charge >= 0.3 is 0 Å². The molecule has 0 aromatic heterocycles. The van der Waals surface area contributed by atoms with Crippen LogP contribution in [-0.2, 0) is 4.79 Å². The number of hydrogen-bond donors (Lipinski definition) is 2. The maximum absolute atomic E-state index is 12.4. The number of amides is 1. The first-order valence-corrected chi connectivity index (χ1v) is 7.95. The van der Waals surface area contributed by atoms with Gasteiger partial charge in [-0.25, -0.2) is 0 Å². The Kier molecular flexibility index (Phi) is 4.45. The minimum absolute atomic E-state index is 0.0290. The summed E-state index contributed by atoms with van der Waals surface area (Å²) in [5.74, 6) is 0.214. The van der Waals surface area contributed by atoms with Crippen molar-refractivity contribution in [1.82, 2.24) is 4.90 Å². The summed E-state index contributed by atoms with van der Waals surface area (Å²) in [5, 5.41) is 20.5. The predicted molar refractivity (Wildman–Crippen MR) is 78.2 cm³/mol. The van der Waals surface area contributed by atoms with Crippen molar-refractivity contribution in [2.75, 3.05) is 6.54 Å². The van der Waals surface area contributed by atoms with E-state index in [4.69, 9.17) is 0 Å². The molecule has 1 heterocycles. The minimum atomic E-state index is -0.959. The molecule has 1 saturated carbocycles. The van der Waals surface area contributed by atoms with Crippen LogP contribution in [0, 0.1) is 5.92 Å². The van der Waals surface area contributed by atoms with Gasteiger partial charge in [-0.05, 0) is 46.5 Å². The van der Waals surface area contributed by atoms with Gasteiger partial charge in [-0.1, -0.05) is 12.8 Å². The summed E-state index contributed by atoms with van der Waals surface area (Å²) in [6.45, 7) is 6.04. The molecule has 0 bridgehead atoms. The van der Waals surface area contributed by atoms with Gasteiger partial charge in [0.15, 0.2) is 0 Å². The van der Waals surface area contributed by atoms with Crippen LogP contribution >= 0.6 is 0 Å². The Morgan fingerprint density at radius 3 is 2.60 bits per heavy atom. The average molecular weight is 283 g/mol. The van der Waals surface area contributed by atoms with Gasteiger partial charge in [0.2, 0.25) is 5.91 Å². The third-order valence-corrected chi connectivity index (χ3v) is 4.91. The zero-order chi connectivity index (χ0) is 15.0. The molecule has 1 aliphatic carbocycles. The molecule has 0 unspecified atom stereocenters. The van der Waals surface area contributed by atoms with Crippen LogP contribution in [0.5, 0.6) is 0 Å². The van der Waals surface area contributed by atoms with E-state index in [0.29, 0.717) is 0 Å². The van der Waals surface area contributed by atoms with Gasteiger partial charge in [-0.2, -0.15) is 0 Å². The van der Waals surface area contributed by atoms with Crippen molar-refractivity contribution in [3.05, 3.63) is 0 Å². The summed E-state index contributed by atoms with van der Waals surface area (Å²) in [7, 11) is 0. The number of aliphatic hydroxyl groups is 2. The molecule has 2 rings (SSSR count). The van der Waals surface area contributed by atoms with Gasteiger partial charge in [0.1, 0.15) is 0 Å². The molecule has 0 aromatic carbocycles. The molecule has 1 aliphatic heterocycles. The quantitative estimate of drug-likeness (QED) is 0.833. The largest absolute Gasteiger partial charge is 0.390 e. The van der Waals surface area contributed by atoms with E-state index in [1.807, 2.05) is 11.8 Å². The summed E-state index contributed by atoms with van der Waals surface area (Å²) in [6.07, 6.45) is 6.22. The standard InChI is InChI=1S/C16H29NO3/c1-15(2,19)11-14(18)17-10-6-8-13(17)12-7-4-5-9-16(12,3)20/h12-13,19-20H,4-11H2,1-3H3/t12-,13+,16+/m0/s1. The number of hydrogen-bond acceptors (Lipinski definition) is 3. The number of rotatable bonds is 3. The molecule has 2 fully saturated rings. The number of carbonyl (C=O) groups excluding carboxylic acids is 1. The van der Waals surface area contributed by atoms with E-state index in [1.165, 1.54) is 0 Å². The lowest BCUT2D eigenvalue weighted by atomic mass is 9.72. The highest BCUT2D eigenvalue weighted by Gasteiger charge is 2.44. The van der Waals surface area contributed by atoms with Crippen LogP contribution in [0.25, 0.3) is 0 Å². The van der Waals surface area contributed by atoms with Gasteiger partial charge in [-0.3, -0.25) is 4.79 Å². The number of nitrogens with zero attached hydrogens (tertiary/aromatic N) is 1. The fourth-order valence-electron chi connectivity index (χ4n) is 3.94. The van der Waals surface area contributed by atoms with Crippen molar-refractivity contribution < 1.29 is 15.0 Å². The van der Waals surface area contributed by atoms with E-state index >= 15 is 0 Å². The van der Waals surface area contributed by atoms with Crippen LogP contribution < -0.4 is 0 Å². The molecule has 116 valence electrons. The van der Waals surface area contributed by atoms with Crippen LogP contribution in [0.2, 0.25) is 0 Å². The topological polar surface area (TPSA) is 60.8 Å². The Labute approximate surface area is 122 Å². The summed E-state index contributed by atoms with van der Waals surface area (Å²) in [6, 6.07) is 0.153. The van der Waals surface area contributed by atoms with E-state index in [1.54, 1.807) is 13.8 Å². The summed E-state index contributed by atoms with van der Waals surface area (Å²) >= 11 is 0. The van der Waals surface area contributed by atoms with Crippen LogP contribution in [0.1, 0.15) is 65.7 Å². The first kappa shape index (κ1) is 15.8. The summed E-state index contributed by atoms with van der Waals surface area (Å²) < 4.78 is 0. The van der Waals surface area contributed by atoms with Crippen LogP contribution in [0.3, 0.4) is 0 Å². The smallest absolute Gasteiger partial charge is 0.225 e. The Hall–Kier alpha value is -0.610. The maximum Gasteiger partial charge on any atom is 0.225 e. The van der Waals surface area contributed by atoms with Crippen LogP contribution in [0.15, 0.2) is 0 Å². The Balaban J connectivity index is 2.08. The lowest BCUT2D eigenvalue weighted by molar-refractivity contribution is -0.140. The summed E-state index contributed by atoms with van der Waals surface area (Å²) in [5.41, 5.74) is -1.61. The lowest BCUT2D eigenvalue weighted by Gasteiger charge is -2.43. The predicted octanol–water partition coefficient (Wildman–Crippen LogP) is 2.08. The van der Waals surface area contributed by atoms with Crippen LogP contribution in [0.4, 0.5) is 0 Å². The number of carbonyl (C=O) groups is 1. The first-order valence-electron chi connectivity index (χ1n) is 7.95. The second kappa shape index (κ2) is 5.64. The van der Waals surface area contributed by atoms with Gasteiger partial charge in [0.25, 0.3) is 0 Å². The average Bonchev–Trinajstić information content (AvgIpc) is 2.74. The van der Waals surface area contributed by atoms with Crippen molar-refractivity contribution in [2.45, 2.75) is 83.0 Å². The monoisotopic (exact) mass is 283 g/mol. The molecule has 2 aliphatic rings. The molecule has 4 heteroatoms. The molecule has 0 radical (unpaired) electrons. The highest BCUT2D eigenvalue weighted by molar-refractivity contribution is 5.77. The van der Waals surface area contributed by atoms with Gasteiger partial charge in [0.05, 0.1) is 17.6 Å². The minimum Gasteiger partial charge on any atom is -0.390 e. The molecule has 1 saturated heterocycles. The van der Waals surface area contributed by atoms with Gasteiger partial charge < -0.3 is 15.1 Å². The third-order valence-electron chi connectivity index (χ3n) is 4.91. The van der Waals surface area contributed by atoms with Crippen molar-refractivity contribution in [3.63, 3.8) is 0 Å². The Morgan fingerprint density at radius 2 is 2.00 bits per heavy atom. The second-order valence-corrected chi connectivity index (χ2v) is 7.50. The van der Waals surface area contributed by atoms with Gasteiger partial charge in [0, 0.05) is 18.5 Å². The zero-order valence-corrected chi connectivity index (χ0v) is 13.1. The van der Waals surface area contributed by atoms with E-state index < -0.39 is 11.2 Å². The molecule has 0 aromatic rings. The van der Waals surface area contributed by atoms with E-state index in [2.05, 4.69) is 0 Å². The molecule has 2 N–H and O–H groups in total. The highest BCUT2D eigenvalue weighted by Crippen LogP contribution is 2.41. The normalized spacial score (nSPS) is 35.4. The molecule has 1 amide bonds. The van der Waals surface area contributed by atoms with Crippen molar-refractivity contribution in [3.8, 4) is 0 Å². The molecule has 3 atom stereocenters. The van der Waals surface area contributed by atoms with Gasteiger partial charge in [-0.15, -0.1) is 0 Å². The lowest BCUT2D eigenvalue weighted by Crippen LogP contribution is -2.51. The van der Waals surface area contributed by atoms with Crippen molar-refractivity contribution >= 4 is 5.91 Å². The first-order chi connectivity index (χ1) is 9.21. The summed E-state index contributed by atoms with van der Waals surface area (Å²) in [4.78, 5) is 14.3. The van der Waals surface area contributed by atoms with Crippen molar-refractivity contribution in [1.29, 1.82) is 0 Å². The molecule has 4 nitrogen and oxygen atoms in total. The van der Waals surface area contributed by atoms with E-state index in [-0.39, 0.29) is 24.3 Å². The molecular formula is C16H29NO3. The van der Waals surface area contributed by atoms with Crippen LogP contribution in [-0.4, -0.2) is 44.8 Å². The SMILES string of the molecule is CC(C)(O)CC(=O)N1CCC[C@@H]1[C@@H]1CCCC[C@@]1(C)O. The Bertz CT molecular complexity index is 359. The molecule has 20 heavy (non-hydrogen) atoms. The second-order valence-electron chi connectivity index (χ2n) is 7.50. The molecule has 0 spiro atoms. The molecular weight excluding hydrogens is 254 g/mol. The van der Waals surface area contributed by atoms with E-state index in [9.17, 15) is 15.0 Å².